The maximum Gasteiger partial charge on any atom is 0.523 e. The van der Waals surface area contributed by atoms with Crippen molar-refractivity contribution < 1.29 is 50.7 Å². The molecule has 1 fully saturated rings. The van der Waals surface area contributed by atoms with Gasteiger partial charge < -0.3 is 33.3 Å². The number of rotatable bonds is 19. The third kappa shape index (κ3) is 11.1. The number of carbonyl (C=O) groups excluding carboxylic acids is 1. The summed E-state index contributed by atoms with van der Waals surface area (Å²) in [4.78, 5) is 29.1. The van der Waals surface area contributed by atoms with Gasteiger partial charge in [-0.25, -0.2) is 9.46 Å². The van der Waals surface area contributed by atoms with E-state index in [1.807, 2.05) is 93.0 Å². The van der Waals surface area contributed by atoms with Crippen LogP contribution in [-0.2, 0) is 33.7 Å². The number of carbonyl (C=O) groups is 1. The van der Waals surface area contributed by atoms with Crippen LogP contribution in [0.1, 0.15) is 64.0 Å². The lowest BCUT2D eigenvalue weighted by atomic mass is 9.80. The predicted molar refractivity (Wildman–Crippen MR) is 216 cm³/mol. The number of hydrogen-bond donors (Lipinski definition) is 1. The van der Waals surface area contributed by atoms with Crippen LogP contribution in [0, 0.1) is 11.3 Å². The van der Waals surface area contributed by atoms with Crippen molar-refractivity contribution in [3.8, 4) is 17.6 Å². The summed E-state index contributed by atoms with van der Waals surface area (Å²) in [6.45, 7) is 8.22. The van der Waals surface area contributed by atoms with Crippen LogP contribution < -0.4 is 20.5 Å². The number of methoxy groups -OCH3 is 2. The van der Waals surface area contributed by atoms with E-state index < -0.39 is 63.2 Å². The van der Waals surface area contributed by atoms with Crippen molar-refractivity contribution in [3.05, 3.63) is 118 Å². The SMILES string of the molecule is COc1ccc(C(OC[C@H]2O[C@@H](n3ccc(NC(C)=O)nc3=O)[C@H](OC(F)(F)F)[C@@H]2OP(OCCC#N)N(C(C)C)C(C)C)(c2ccccc2)c2ccc(OC)cc2)cc1. The van der Waals surface area contributed by atoms with Gasteiger partial charge in [0.2, 0.25) is 5.91 Å². The van der Waals surface area contributed by atoms with Gasteiger partial charge in [-0.05, 0) is 74.7 Å². The van der Waals surface area contributed by atoms with Gasteiger partial charge in [-0.15, -0.1) is 13.2 Å². The Morgan fingerprint density at radius 2 is 1.48 bits per heavy atom. The lowest BCUT2D eigenvalue weighted by Gasteiger charge is -2.39. The zero-order valence-corrected chi connectivity index (χ0v) is 35.2. The number of ether oxygens (including phenoxy) is 5. The first-order valence-corrected chi connectivity index (χ1v) is 20.2. The lowest BCUT2D eigenvalue weighted by molar-refractivity contribution is -0.355. The molecule has 5 rings (SSSR count). The van der Waals surface area contributed by atoms with E-state index in [-0.39, 0.29) is 30.9 Å². The van der Waals surface area contributed by atoms with Crippen LogP contribution in [0.15, 0.2) is 95.9 Å². The average molecular weight is 856 g/mol. The Morgan fingerprint density at radius 3 is 1.97 bits per heavy atom. The topological polar surface area (TPSA) is 156 Å². The van der Waals surface area contributed by atoms with E-state index in [1.54, 1.807) is 38.5 Å². The van der Waals surface area contributed by atoms with Crippen LogP contribution in [-0.4, -0.2) is 84.3 Å². The number of amides is 1. The molecule has 0 bridgehead atoms. The fraction of sp³-hybridized carbons (Fsp3) is 0.429. The summed E-state index contributed by atoms with van der Waals surface area (Å²) in [5, 5.41) is 11.7. The Morgan fingerprint density at radius 1 is 0.917 bits per heavy atom. The molecule has 0 radical (unpaired) electrons. The first-order chi connectivity index (χ1) is 28.6. The molecule has 18 heteroatoms. The second-order valence-corrected chi connectivity index (χ2v) is 15.6. The molecule has 322 valence electrons. The summed E-state index contributed by atoms with van der Waals surface area (Å²) in [5.74, 6) is 0.520. The number of hydrogen-bond acceptors (Lipinski definition) is 12. The van der Waals surface area contributed by atoms with Gasteiger partial charge in [-0.3, -0.25) is 14.1 Å². The van der Waals surface area contributed by atoms with Crippen molar-refractivity contribution in [1.29, 1.82) is 5.26 Å². The van der Waals surface area contributed by atoms with Gasteiger partial charge in [0.05, 0.1) is 39.9 Å². The molecule has 4 aromatic rings. The number of benzene rings is 3. The standard InChI is InChI=1S/C42H49F3N5O9P/c1-27(2)50(28(3)4)60(56-25-11-23-46)59-37-35(57-39(38(37)58-42(43,44)45)49-24-22-36(47-29(5)51)48-40(49)52)26-55-41(30-12-9-8-10-13-30,31-14-18-33(53-6)19-15-31)32-16-20-34(54-7)21-17-32/h8-10,12-22,24,27-28,35,37-39H,11,25-26H2,1-7H3,(H,47,48,51,52)/t35-,37-,38-,39-,60?/m1/s1. The maximum atomic E-state index is 14.6. The Balaban J connectivity index is 1.70. The minimum atomic E-state index is -5.24. The number of alkyl halides is 3. The molecule has 1 aliphatic heterocycles. The van der Waals surface area contributed by atoms with E-state index in [4.69, 9.17) is 32.7 Å². The molecule has 2 heterocycles. The highest BCUT2D eigenvalue weighted by Gasteiger charge is 2.55. The van der Waals surface area contributed by atoms with Crippen molar-refractivity contribution in [2.24, 2.45) is 0 Å². The smallest absolute Gasteiger partial charge is 0.497 e. The summed E-state index contributed by atoms with van der Waals surface area (Å²) in [6, 6.07) is 26.4. The second kappa shape index (κ2) is 20.6. The van der Waals surface area contributed by atoms with Gasteiger partial charge in [0, 0.05) is 25.2 Å². The molecule has 1 saturated heterocycles. The summed E-state index contributed by atoms with van der Waals surface area (Å²) < 4.78 is 88.4. The van der Waals surface area contributed by atoms with E-state index in [1.165, 1.54) is 13.0 Å². The monoisotopic (exact) mass is 855 g/mol. The highest BCUT2D eigenvalue weighted by Crippen LogP contribution is 2.52. The minimum absolute atomic E-state index is 0.0178. The Bertz CT molecular complexity index is 2050. The maximum absolute atomic E-state index is 14.6. The number of nitrogens with zero attached hydrogens (tertiary/aromatic N) is 4. The molecule has 5 atom stereocenters. The quantitative estimate of drug-likeness (QED) is 0.0559. The molecule has 3 aromatic carbocycles. The van der Waals surface area contributed by atoms with Gasteiger partial charge in [0.15, 0.2) is 6.23 Å². The molecule has 1 aliphatic rings. The fourth-order valence-corrected chi connectivity index (χ4v) is 8.78. The second-order valence-electron chi connectivity index (χ2n) is 14.2. The largest absolute Gasteiger partial charge is 0.523 e. The van der Waals surface area contributed by atoms with Crippen LogP contribution >= 0.6 is 8.53 Å². The van der Waals surface area contributed by atoms with Gasteiger partial charge >= 0.3 is 12.1 Å². The number of nitrogens with one attached hydrogen (secondary N) is 1. The Hall–Kier alpha value is -4.92. The molecule has 14 nitrogen and oxygen atoms in total. The lowest BCUT2D eigenvalue weighted by Crippen LogP contribution is -2.45. The van der Waals surface area contributed by atoms with E-state index in [9.17, 15) is 28.0 Å². The van der Waals surface area contributed by atoms with Crippen molar-refractivity contribution in [2.45, 2.75) is 89.6 Å². The molecular weight excluding hydrogens is 806 g/mol. The zero-order valence-electron chi connectivity index (χ0n) is 34.3. The normalized spacial score (nSPS) is 18.7. The van der Waals surface area contributed by atoms with Gasteiger partial charge in [-0.2, -0.15) is 10.2 Å². The molecule has 1 unspecified atom stereocenters. The third-order valence-corrected chi connectivity index (χ3v) is 11.6. The number of anilines is 1. The highest BCUT2D eigenvalue weighted by molar-refractivity contribution is 7.44. The van der Waals surface area contributed by atoms with Crippen molar-refractivity contribution in [3.63, 3.8) is 0 Å². The van der Waals surface area contributed by atoms with E-state index in [0.717, 1.165) is 10.8 Å². The Labute approximate surface area is 348 Å². The Kier molecular flexibility index (Phi) is 15.8. The van der Waals surface area contributed by atoms with Crippen molar-refractivity contribution >= 4 is 20.3 Å². The fourth-order valence-electron chi connectivity index (χ4n) is 7.01. The highest BCUT2D eigenvalue weighted by atomic mass is 31.2. The summed E-state index contributed by atoms with van der Waals surface area (Å²) in [7, 11) is 0.891. The molecular formula is C42H49F3N5O9P. The third-order valence-electron chi connectivity index (χ3n) is 9.48. The molecule has 1 amide bonds. The predicted octanol–water partition coefficient (Wildman–Crippen LogP) is 7.69. The number of nitriles is 1. The molecule has 0 spiro atoms. The average Bonchev–Trinajstić information content (AvgIpc) is 3.52. The summed E-state index contributed by atoms with van der Waals surface area (Å²) in [5.41, 5.74) is -0.526. The summed E-state index contributed by atoms with van der Waals surface area (Å²) in [6.07, 6.45) is -10.9. The molecule has 1 aromatic heterocycles. The van der Waals surface area contributed by atoms with Crippen LogP contribution in [0.4, 0.5) is 19.0 Å². The van der Waals surface area contributed by atoms with Gasteiger partial charge in [-0.1, -0.05) is 54.6 Å². The summed E-state index contributed by atoms with van der Waals surface area (Å²) >= 11 is 0. The first-order valence-electron chi connectivity index (χ1n) is 19.1. The minimum Gasteiger partial charge on any atom is -0.497 e. The molecule has 0 saturated carbocycles. The van der Waals surface area contributed by atoms with Gasteiger partial charge in [0.25, 0.3) is 8.53 Å². The van der Waals surface area contributed by atoms with Crippen LogP contribution in [0.5, 0.6) is 11.5 Å². The zero-order chi connectivity index (χ0) is 43.6. The molecule has 60 heavy (non-hydrogen) atoms. The first kappa shape index (κ1) is 46.2. The van der Waals surface area contributed by atoms with Crippen molar-refractivity contribution in [2.75, 3.05) is 32.8 Å². The van der Waals surface area contributed by atoms with E-state index in [0.29, 0.717) is 28.2 Å². The van der Waals surface area contributed by atoms with Crippen LogP contribution in [0.2, 0.25) is 0 Å². The van der Waals surface area contributed by atoms with Crippen LogP contribution in [0.3, 0.4) is 0 Å². The number of halogens is 3. The molecule has 0 aliphatic carbocycles. The number of aromatic nitrogens is 2. The van der Waals surface area contributed by atoms with E-state index in [2.05, 4.69) is 10.3 Å². The van der Waals surface area contributed by atoms with Crippen molar-refractivity contribution in [1.82, 2.24) is 14.2 Å². The van der Waals surface area contributed by atoms with E-state index >= 15 is 0 Å². The van der Waals surface area contributed by atoms with Gasteiger partial charge in [0.1, 0.15) is 41.2 Å². The van der Waals surface area contributed by atoms with Crippen LogP contribution in [0.25, 0.3) is 0 Å². The molecule has 1 N–H and O–H groups in total.